The molecule has 2 aromatic carbocycles. The van der Waals surface area contributed by atoms with Crippen LogP contribution < -0.4 is 0 Å². The van der Waals surface area contributed by atoms with Crippen LogP contribution >= 0.6 is 0 Å². The van der Waals surface area contributed by atoms with E-state index < -0.39 is 0 Å². The second-order valence-corrected chi connectivity index (χ2v) is 5.81. The van der Waals surface area contributed by atoms with E-state index in [0.29, 0.717) is 5.89 Å². The maximum Gasteiger partial charge on any atom is 0.191 e. The van der Waals surface area contributed by atoms with Crippen LogP contribution in [0.5, 0.6) is 5.75 Å². The highest BCUT2D eigenvalue weighted by Crippen LogP contribution is 2.35. The van der Waals surface area contributed by atoms with Gasteiger partial charge in [0.05, 0.1) is 0 Å². The van der Waals surface area contributed by atoms with Crippen LogP contribution in [-0.4, -0.2) is 10.1 Å². The van der Waals surface area contributed by atoms with E-state index in [0.717, 1.165) is 35.4 Å². The van der Waals surface area contributed by atoms with Crippen molar-refractivity contribution >= 4 is 11.6 Å². The topological polar surface area (TPSA) is 46.3 Å². The molecule has 0 bridgehead atoms. The van der Waals surface area contributed by atoms with E-state index in [9.17, 15) is 5.11 Å². The van der Waals surface area contributed by atoms with Gasteiger partial charge in [0.1, 0.15) is 17.2 Å². The predicted octanol–water partition coefficient (Wildman–Crippen LogP) is 4.38. The summed E-state index contributed by atoms with van der Waals surface area (Å²) in [6.07, 6.45) is 3.87. The summed E-state index contributed by atoms with van der Waals surface area (Å²) in [5, 5.41) is 9.73. The van der Waals surface area contributed by atoms with Crippen LogP contribution in [0.2, 0.25) is 0 Å². The van der Waals surface area contributed by atoms with Crippen molar-refractivity contribution in [2.24, 2.45) is 0 Å². The summed E-state index contributed by atoms with van der Waals surface area (Å²) < 4.78 is 5.81. The van der Waals surface area contributed by atoms with E-state index in [1.807, 2.05) is 25.1 Å². The smallest absolute Gasteiger partial charge is 0.191 e. The highest BCUT2D eigenvalue weighted by Gasteiger charge is 2.22. The highest BCUT2D eigenvalue weighted by atomic mass is 16.4. The number of nitrogens with zero attached hydrogens (tertiary/aromatic N) is 1. The molecule has 0 spiro atoms. The molecule has 3 nitrogen and oxygen atoms in total. The SMILES string of the molecule is Cc1nc2c(o1)CCc1ccccc1/C2=C/c1cccc(O)c1. The summed E-state index contributed by atoms with van der Waals surface area (Å²) in [6, 6.07) is 15.7. The third kappa shape index (κ3) is 2.55. The minimum Gasteiger partial charge on any atom is -0.508 e. The first kappa shape index (κ1) is 13.8. The first-order chi connectivity index (χ1) is 11.2. The summed E-state index contributed by atoms with van der Waals surface area (Å²) in [7, 11) is 0. The highest BCUT2D eigenvalue weighted by molar-refractivity contribution is 5.92. The van der Waals surface area contributed by atoms with Gasteiger partial charge in [0.2, 0.25) is 0 Å². The molecule has 0 atom stereocenters. The Kier molecular flexibility index (Phi) is 3.27. The van der Waals surface area contributed by atoms with Crippen molar-refractivity contribution in [1.82, 2.24) is 4.98 Å². The van der Waals surface area contributed by atoms with Crippen LogP contribution in [0.15, 0.2) is 52.9 Å². The number of oxazole rings is 1. The first-order valence-electron chi connectivity index (χ1n) is 7.76. The molecule has 4 rings (SSSR count). The van der Waals surface area contributed by atoms with Crippen molar-refractivity contribution in [3.8, 4) is 5.75 Å². The Balaban J connectivity index is 1.96. The molecule has 3 aromatic rings. The third-order valence-corrected chi connectivity index (χ3v) is 4.17. The molecule has 0 saturated heterocycles. The van der Waals surface area contributed by atoms with E-state index >= 15 is 0 Å². The number of aryl methyl sites for hydroxylation is 3. The number of phenols is 1. The lowest BCUT2D eigenvalue weighted by molar-refractivity contribution is 0.474. The van der Waals surface area contributed by atoms with Gasteiger partial charge in [-0.2, -0.15) is 0 Å². The molecule has 1 N–H and O–H groups in total. The van der Waals surface area contributed by atoms with Gasteiger partial charge in [-0.3, -0.25) is 0 Å². The quantitative estimate of drug-likeness (QED) is 0.726. The van der Waals surface area contributed by atoms with Gasteiger partial charge in [0.25, 0.3) is 0 Å². The second-order valence-electron chi connectivity index (χ2n) is 5.81. The van der Waals surface area contributed by atoms with Crippen molar-refractivity contribution in [2.75, 3.05) is 0 Å². The monoisotopic (exact) mass is 303 g/mol. The van der Waals surface area contributed by atoms with E-state index in [2.05, 4.69) is 29.3 Å². The summed E-state index contributed by atoms with van der Waals surface area (Å²) >= 11 is 0. The summed E-state index contributed by atoms with van der Waals surface area (Å²) in [5.74, 6) is 1.89. The van der Waals surface area contributed by atoms with Crippen LogP contribution in [0.25, 0.3) is 11.6 Å². The Labute approximate surface area is 134 Å². The number of rotatable bonds is 1. The molecular formula is C20H17NO2. The third-order valence-electron chi connectivity index (χ3n) is 4.17. The van der Waals surface area contributed by atoms with Crippen molar-refractivity contribution in [2.45, 2.75) is 19.8 Å². The fraction of sp³-hybridized carbons (Fsp3) is 0.150. The zero-order valence-corrected chi connectivity index (χ0v) is 12.9. The number of fused-ring (bicyclic) bond motifs is 2. The second kappa shape index (κ2) is 5.43. The minimum atomic E-state index is 0.262. The van der Waals surface area contributed by atoms with Gasteiger partial charge in [-0.1, -0.05) is 36.4 Å². The normalized spacial score (nSPS) is 15.1. The fourth-order valence-corrected chi connectivity index (χ4v) is 3.15. The largest absolute Gasteiger partial charge is 0.508 e. The van der Waals surface area contributed by atoms with Gasteiger partial charge >= 0.3 is 0 Å². The van der Waals surface area contributed by atoms with E-state index in [4.69, 9.17) is 4.42 Å². The summed E-state index contributed by atoms with van der Waals surface area (Å²) in [4.78, 5) is 4.61. The first-order valence-corrected chi connectivity index (χ1v) is 7.76. The molecule has 0 amide bonds. The number of phenolic OH excluding ortho intramolecular Hbond substituents is 1. The molecule has 23 heavy (non-hydrogen) atoms. The van der Waals surface area contributed by atoms with Crippen LogP contribution in [0.4, 0.5) is 0 Å². The van der Waals surface area contributed by atoms with Crippen LogP contribution in [0.3, 0.4) is 0 Å². The summed E-state index contributed by atoms with van der Waals surface area (Å²) in [5.41, 5.74) is 5.39. The van der Waals surface area contributed by atoms with E-state index in [1.54, 1.807) is 12.1 Å². The van der Waals surface area contributed by atoms with Crippen molar-refractivity contribution in [1.29, 1.82) is 0 Å². The lowest BCUT2D eigenvalue weighted by Crippen LogP contribution is -1.93. The molecule has 0 radical (unpaired) electrons. The van der Waals surface area contributed by atoms with Gasteiger partial charge in [0.15, 0.2) is 5.89 Å². The molecule has 0 unspecified atom stereocenters. The molecule has 0 saturated carbocycles. The maximum absolute atomic E-state index is 9.73. The average Bonchev–Trinajstić information content (AvgIpc) is 2.85. The molecule has 1 aromatic heterocycles. The molecule has 1 heterocycles. The Bertz CT molecular complexity index is 906. The molecular weight excluding hydrogens is 286 g/mol. The number of benzene rings is 2. The number of aromatic nitrogens is 1. The molecule has 114 valence electrons. The molecule has 1 aliphatic carbocycles. The zero-order valence-electron chi connectivity index (χ0n) is 12.9. The Morgan fingerprint density at radius 1 is 1.09 bits per heavy atom. The zero-order chi connectivity index (χ0) is 15.8. The maximum atomic E-state index is 9.73. The van der Waals surface area contributed by atoms with Crippen LogP contribution in [-0.2, 0) is 12.8 Å². The van der Waals surface area contributed by atoms with E-state index in [1.165, 1.54) is 11.1 Å². The minimum absolute atomic E-state index is 0.262. The van der Waals surface area contributed by atoms with Gasteiger partial charge in [-0.25, -0.2) is 4.98 Å². The van der Waals surface area contributed by atoms with Gasteiger partial charge in [-0.15, -0.1) is 0 Å². The lowest BCUT2D eigenvalue weighted by Gasteiger charge is -2.09. The molecule has 0 fully saturated rings. The van der Waals surface area contributed by atoms with Gasteiger partial charge in [-0.05, 0) is 41.3 Å². The lowest BCUT2D eigenvalue weighted by atomic mass is 9.96. The average molecular weight is 303 g/mol. The number of hydrogen-bond acceptors (Lipinski definition) is 3. The Morgan fingerprint density at radius 2 is 1.96 bits per heavy atom. The summed E-state index contributed by atoms with van der Waals surface area (Å²) in [6.45, 7) is 1.88. The Morgan fingerprint density at radius 3 is 2.83 bits per heavy atom. The van der Waals surface area contributed by atoms with Gasteiger partial charge < -0.3 is 9.52 Å². The van der Waals surface area contributed by atoms with Crippen molar-refractivity contribution < 1.29 is 9.52 Å². The van der Waals surface area contributed by atoms with Crippen LogP contribution in [0.1, 0.15) is 34.0 Å². The molecule has 3 heteroatoms. The van der Waals surface area contributed by atoms with Gasteiger partial charge in [0, 0.05) is 18.9 Å². The van der Waals surface area contributed by atoms with E-state index in [-0.39, 0.29) is 5.75 Å². The fourth-order valence-electron chi connectivity index (χ4n) is 3.15. The molecule has 0 aliphatic heterocycles. The molecule has 1 aliphatic rings. The van der Waals surface area contributed by atoms with Crippen molar-refractivity contribution in [3.63, 3.8) is 0 Å². The predicted molar refractivity (Wildman–Crippen MR) is 90.2 cm³/mol. The number of hydrogen-bond donors (Lipinski definition) is 1. The number of aromatic hydroxyl groups is 1. The van der Waals surface area contributed by atoms with Crippen LogP contribution in [0, 0.1) is 6.92 Å². The Hall–Kier alpha value is -2.81. The standard InChI is InChI=1S/C20H17NO2/c1-13-21-20-18(12-14-5-4-7-16(22)11-14)17-8-3-2-6-15(17)9-10-19(20)23-13/h2-8,11-12,22H,9-10H2,1H3/b18-12-. The van der Waals surface area contributed by atoms with Crippen molar-refractivity contribution in [3.05, 3.63) is 82.6 Å².